The number of aliphatic hydroxyl groups is 1. The molecule has 0 radical (unpaired) electrons. The normalized spacial score (nSPS) is 20.2. The Morgan fingerprint density at radius 2 is 1.90 bits per heavy atom. The summed E-state index contributed by atoms with van der Waals surface area (Å²) in [4.78, 5) is 49.6. The minimum absolute atomic E-state index is 0.0150. The second-order valence-electron chi connectivity index (χ2n) is 12.1. The number of H-pyrrole nitrogens is 1. The standard InChI is InChI=1S/C35H32ClN3O9/c1-16-5-7-20-21(9-16)39-27(38-20)14-37-28(41)12-19(18-6-8-23-24(11-18)47-15-46-23)29-22(40)10-17(2)35(33(29)42)34(43)30-25(44-3)13-26(45-4)31(36)32(30)48-35/h5-9,11,13,17,19,42H,10,12,14-15H2,1-4H3,(H,37,41)(H,38,39)/t17-,19?,35+/m1/s1. The van der Waals surface area contributed by atoms with Crippen molar-refractivity contribution in [1.29, 1.82) is 0 Å². The van der Waals surface area contributed by atoms with Gasteiger partial charge in [0.05, 0.1) is 31.8 Å². The lowest BCUT2D eigenvalue weighted by molar-refractivity contribution is -0.122. The number of hydrogen-bond acceptors (Lipinski definition) is 10. The van der Waals surface area contributed by atoms with Crippen LogP contribution in [0.1, 0.15) is 53.0 Å². The van der Waals surface area contributed by atoms with Crippen LogP contribution >= 0.6 is 11.6 Å². The largest absolute Gasteiger partial charge is 0.507 e. The number of benzene rings is 3. The van der Waals surface area contributed by atoms with Crippen LogP contribution in [0, 0.1) is 12.8 Å². The van der Waals surface area contributed by atoms with E-state index in [0.29, 0.717) is 22.9 Å². The minimum atomic E-state index is -2.01. The predicted molar refractivity (Wildman–Crippen MR) is 173 cm³/mol. The number of fused-ring (bicyclic) bond motifs is 3. The number of allylic oxidation sites excluding steroid dienone is 1. The van der Waals surface area contributed by atoms with E-state index in [9.17, 15) is 19.5 Å². The minimum Gasteiger partial charge on any atom is -0.507 e. The molecule has 1 aromatic heterocycles. The summed E-state index contributed by atoms with van der Waals surface area (Å²) in [5.41, 5.74) is 1.07. The van der Waals surface area contributed by atoms with Crippen molar-refractivity contribution in [2.24, 2.45) is 5.92 Å². The summed E-state index contributed by atoms with van der Waals surface area (Å²) in [5, 5.41) is 15.0. The number of imidazole rings is 1. The summed E-state index contributed by atoms with van der Waals surface area (Å²) in [6.07, 6.45) is -0.412. The lowest BCUT2D eigenvalue weighted by Gasteiger charge is -2.38. The number of ether oxygens (including phenoxy) is 5. The Kier molecular flexibility index (Phi) is 7.70. The molecule has 0 bridgehead atoms. The monoisotopic (exact) mass is 673 g/mol. The second kappa shape index (κ2) is 11.8. The Balaban J connectivity index is 1.28. The molecule has 13 heteroatoms. The zero-order valence-corrected chi connectivity index (χ0v) is 27.3. The first-order valence-electron chi connectivity index (χ1n) is 15.3. The molecule has 1 unspecified atom stereocenters. The fraction of sp³-hybridized carbons (Fsp3) is 0.314. The molecule has 1 amide bonds. The van der Waals surface area contributed by atoms with Gasteiger partial charge in [-0.05, 0) is 42.3 Å². The number of aliphatic hydroxyl groups excluding tert-OH is 1. The number of aromatic amines is 1. The van der Waals surface area contributed by atoms with Gasteiger partial charge >= 0.3 is 0 Å². The van der Waals surface area contributed by atoms with Crippen molar-refractivity contribution in [2.75, 3.05) is 21.0 Å². The van der Waals surface area contributed by atoms with E-state index >= 15 is 0 Å². The Hall–Kier alpha value is -5.23. The highest BCUT2D eigenvalue weighted by atomic mass is 35.5. The molecule has 48 heavy (non-hydrogen) atoms. The molecule has 4 aromatic rings. The van der Waals surface area contributed by atoms with Gasteiger partial charge < -0.3 is 39.1 Å². The smallest absolute Gasteiger partial charge is 0.231 e. The first-order chi connectivity index (χ1) is 23.0. The quantitative estimate of drug-likeness (QED) is 0.218. The van der Waals surface area contributed by atoms with Gasteiger partial charge in [-0.2, -0.15) is 0 Å². The van der Waals surface area contributed by atoms with Crippen molar-refractivity contribution < 1.29 is 43.2 Å². The highest BCUT2D eigenvalue weighted by molar-refractivity contribution is 6.35. The topological polar surface area (TPSA) is 158 Å². The van der Waals surface area contributed by atoms with Crippen LogP contribution in [-0.4, -0.2) is 59.2 Å². The fourth-order valence-electron chi connectivity index (χ4n) is 6.75. The lowest BCUT2D eigenvalue weighted by Crippen LogP contribution is -2.53. The third kappa shape index (κ3) is 4.90. The highest BCUT2D eigenvalue weighted by Gasteiger charge is 2.61. The van der Waals surface area contributed by atoms with Crippen LogP contribution in [0.25, 0.3) is 11.0 Å². The number of carbonyl (C=O) groups excluding carboxylic acids is 3. The molecular formula is C35H32ClN3O9. The number of halogens is 1. The SMILES string of the molecule is COc1cc(OC)c2c(c1Cl)O[C@]1(C2=O)C(O)=C(C(CC(=O)NCc2nc3ccc(C)cc3[nH]2)c2ccc3c(c2)OCO3)C(=O)C[C@H]1C. The molecule has 0 fully saturated rings. The molecule has 3 N–H and O–H groups in total. The lowest BCUT2D eigenvalue weighted by atomic mass is 9.69. The van der Waals surface area contributed by atoms with Crippen LogP contribution in [0.4, 0.5) is 0 Å². The zero-order chi connectivity index (χ0) is 33.9. The summed E-state index contributed by atoms with van der Waals surface area (Å²) >= 11 is 6.60. The van der Waals surface area contributed by atoms with Gasteiger partial charge in [-0.1, -0.05) is 30.7 Å². The third-order valence-corrected chi connectivity index (χ3v) is 9.55. The average molecular weight is 674 g/mol. The molecule has 2 aliphatic heterocycles. The number of nitrogens with zero attached hydrogens (tertiary/aromatic N) is 1. The molecule has 1 spiro atoms. The molecule has 248 valence electrons. The number of amides is 1. The van der Waals surface area contributed by atoms with E-state index in [1.807, 2.05) is 25.1 Å². The number of ketones is 2. The van der Waals surface area contributed by atoms with Crippen LogP contribution in [0.2, 0.25) is 5.02 Å². The van der Waals surface area contributed by atoms with Crippen LogP contribution in [0.5, 0.6) is 28.7 Å². The van der Waals surface area contributed by atoms with E-state index in [2.05, 4.69) is 15.3 Å². The molecule has 0 saturated carbocycles. The van der Waals surface area contributed by atoms with Crippen molar-refractivity contribution >= 4 is 40.1 Å². The van der Waals surface area contributed by atoms with Gasteiger partial charge in [-0.25, -0.2) is 4.98 Å². The van der Waals surface area contributed by atoms with E-state index in [1.165, 1.54) is 20.3 Å². The first kappa shape index (κ1) is 31.4. The maximum Gasteiger partial charge on any atom is 0.231 e. The number of aromatic nitrogens is 2. The molecule has 3 atom stereocenters. The summed E-state index contributed by atoms with van der Waals surface area (Å²) in [5.74, 6) is -2.08. The molecule has 3 heterocycles. The number of Topliss-reactive ketones (excluding diaryl/α,β-unsaturated/α-hetero) is 2. The summed E-state index contributed by atoms with van der Waals surface area (Å²) in [7, 11) is 2.80. The van der Waals surface area contributed by atoms with E-state index in [1.54, 1.807) is 25.1 Å². The Morgan fingerprint density at radius 1 is 1.12 bits per heavy atom. The third-order valence-electron chi connectivity index (χ3n) is 9.19. The van der Waals surface area contributed by atoms with Crippen LogP contribution in [0.3, 0.4) is 0 Å². The average Bonchev–Trinajstić information content (AvgIpc) is 3.78. The van der Waals surface area contributed by atoms with Gasteiger partial charge in [-0.15, -0.1) is 0 Å². The molecule has 3 aliphatic rings. The maximum atomic E-state index is 14.3. The Labute approximate surface area is 279 Å². The van der Waals surface area contributed by atoms with Gasteiger partial charge in [0.15, 0.2) is 28.8 Å². The van der Waals surface area contributed by atoms with Crippen molar-refractivity contribution in [1.82, 2.24) is 15.3 Å². The number of carbonyl (C=O) groups is 3. The van der Waals surface area contributed by atoms with Crippen molar-refractivity contribution in [3.63, 3.8) is 0 Å². The number of rotatable bonds is 8. The Bertz CT molecular complexity index is 2050. The van der Waals surface area contributed by atoms with Crippen LogP contribution < -0.4 is 29.0 Å². The maximum absolute atomic E-state index is 14.3. The molecule has 0 saturated heterocycles. The molecule has 3 aromatic carbocycles. The van der Waals surface area contributed by atoms with Crippen LogP contribution in [0.15, 0.2) is 53.8 Å². The van der Waals surface area contributed by atoms with E-state index in [4.69, 9.17) is 35.3 Å². The molecule has 12 nitrogen and oxygen atoms in total. The molecular weight excluding hydrogens is 642 g/mol. The predicted octanol–water partition coefficient (Wildman–Crippen LogP) is 5.50. The number of methoxy groups -OCH3 is 2. The van der Waals surface area contributed by atoms with Gasteiger partial charge in [0, 0.05) is 36.3 Å². The summed E-state index contributed by atoms with van der Waals surface area (Å²) < 4.78 is 28.2. The van der Waals surface area contributed by atoms with E-state index in [-0.39, 0.29) is 59.6 Å². The van der Waals surface area contributed by atoms with Crippen molar-refractivity contribution in [2.45, 2.75) is 44.8 Å². The van der Waals surface area contributed by atoms with E-state index < -0.39 is 40.7 Å². The summed E-state index contributed by atoms with van der Waals surface area (Å²) in [6, 6.07) is 12.3. The number of hydrogen-bond donors (Lipinski definition) is 3. The van der Waals surface area contributed by atoms with Crippen LogP contribution in [-0.2, 0) is 16.1 Å². The fourth-order valence-corrected chi connectivity index (χ4v) is 7.02. The number of aryl methyl sites for hydroxylation is 1. The highest BCUT2D eigenvalue weighted by Crippen LogP contribution is 2.56. The van der Waals surface area contributed by atoms with Crippen molar-refractivity contribution in [3.8, 4) is 28.7 Å². The summed E-state index contributed by atoms with van der Waals surface area (Å²) in [6.45, 7) is 3.73. The second-order valence-corrected chi connectivity index (χ2v) is 12.5. The molecule has 7 rings (SSSR count). The Morgan fingerprint density at radius 3 is 2.67 bits per heavy atom. The number of nitrogens with one attached hydrogen (secondary N) is 2. The van der Waals surface area contributed by atoms with Gasteiger partial charge in [0.1, 0.15) is 27.9 Å². The van der Waals surface area contributed by atoms with Crippen molar-refractivity contribution in [3.05, 3.63) is 81.3 Å². The van der Waals surface area contributed by atoms with Gasteiger partial charge in [0.2, 0.25) is 24.1 Å². The first-order valence-corrected chi connectivity index (χ1v) is 15.7. The molecule has 1 aliphatic carbocycles. The van der Waals surface area contributed by atoms with Gasteiger partial charge in [-0.3, -0.25) is 14.4 Å². The van der Waals surface area contributed by atoms with Gasteiger partial charge in [0.25, 0.3) is 0 Å². The van der Waals surface area contributed by atoms with E-state index in [0.717, 1.165) is 16.6 Å². The zero-order valence-electron chi connectivity index (χ0n) is 26.6.